The van der Waals surface area contributed by atoms with Crippen molar-refractivity contribution in [1.82, 2.24) is 19.9 Å². The Morgan fingerprint density at radius 2 is 1.97 bits per heavy atom. The van der Waals surface area contributed by atoms with Gasteiger partial charge in [-0.05, 0) is 38.8 Å². The summed E-state index contributed by atoms with van der Waals surface area (Å²) in [6, 6.07) is -0.0971. The van der Waals surface area contributed by atoms with Crippen molar-refractivity contribution in [2.45, 2.75) is 38.8 Å². The van der Waals surface area contributed by atoms with Crippen LogP contribution in [-0.2, 0) is 4.74 Å². The number of likely N-dealkylation sites (tertiary alicyclic amines) is 1. The molecule has 1 fully saturated rings. The molecule has 158 valence electrons. The summed E-state index contributed by atoms with van der Waals surface area (Å²) in [5.41, 5.74) is -0.654. The molecule has 0 spiro atoms. The number of methoxy groups -OCH3 is 1. The Kier molecular flexibility index (Phi) is 5.91. The smallest absolute Gasteiger partial charge is 0.410 e. The molecule has 8 nitrogen and oxygen atoms in total. The molecular formula is C18H22Cl2FN5O3. The summed E-state index contributed by atoms with van der Waals surface area (Å²) in [5.74, 6) is -0.369. The highest BCUT2D eigenvalue weighted by Crippen LogP contribution is 2.36. The summed E-state index contributed by atoms with van der Waals surface area (Å²) in [6.45, 7) is 6.40. The van der Waals surface area contributed by atoms with Gasteiger partial charge in [0.25, 0.3) is 0 Å². The average molecular weight is 446 g/mol. The SMILES string of the molecule is COc1nc(Cl)c(F)c2nc(Cl)nc(N(C)[C@@H]3CCN(C(=O)OC(C)(C)C)C3)c12. The van der Waals surface area contributed by atoms with E-state index in [9.17, 15) is 9.18 Å². The summed E-state index contributed by atoms with van der Waals surface area (Å²) in [5, 5.41) is -0.240. The quantitative estimate of drug-likeness (QED) is 0.522. The van der Waals surface area contributed by atoms with E-state index in [-0.39, 0.29) is 39.4 Å². The topological polar surface area (TPSA) is 80.7 Å². The number of amides is 1. The van der Waals surface area contributed by atoms with Gasteiger partial charge in [-0.15, -0.1) is 0 Å². The Balaban J connectivity index is 1.95. The maximum Gasteiger partial charge on any atom is 0.410 e. The molecule has 0 aromatic carbocycles. The van der Waals surface area contributed by atoms with E-state index in [0.29, 0.717) is 25.3 Å². The van der Waals surface area contributed by atoms with Crippen LogP contribution in [0, 0.1) is 5.82 Å². The number of aromatic nitrogens is 3. The van der Waals surface area contributed by atoms with Crippen LogP contribution in [-0.4, -0.2) is 64.8 Å². The molecule has 0 N–H and O–H groups in total. The number of nitrogens with zero attached hydrogens (tertiary/aromatic N) is 5. The highest BCUT2D eigenvalue weighted by atomic mass is 35.5. The molecule has 3 heterocycles. The molecule has 1 amide bonds. The molecule has 2 aromatic rings. The first-order valence-corrected chi connectivity index (χ1v) is 9.74. The van der Waals surface area contributed by atoms with Gasteiger partial charge in [-0.2, -0.15) is 9.97 Å². The maximum absolute atomic E-state index is 14.6. The first-order chi connectivity index (χ1) is 13.5. The second-order valence-corrected chi connectivity index (χ2v) is 8.44. The molecule has 1 aliphatic rings. The van der Waals surface area contributed by atoms with Crippen molar-refractivity contribution < 1.29 is 18.7 Å². The molecule has 0 radical (unpaired) electrons. The first kappa shape index (κ1) is 21.6. The molecule has 2 aromatic heterocycles. The van der Waals surface area contributed by atoms with Crippen LogP contribution in [0.5, 0.6) is 5.88 Å². The number of pyridine rings is 1. The third kappa shape index (κ3) is 4.40. The molecule has 0 unspecified atom stereocenters. The summed E-state index contributed by atoms with van der Waals surface area (Å²) in [4.78, 5) is 28.0. The van der Waals surface area contributed by atoms with E-state index in [1.807, 2.05) is 25.7 Å². The second kappa shape index (κ2) is 7.95. The third-order valence-corrected chi connectivity index (χ3v) is 4.97. The van der Waals surface area contributed by atoms with E-state index in [4.69, 9.17) is 32.7 Å². The van der Waals surface area contributed by atoms with Gasteiger partial charge in [-0.25, -0.2) is 14.2 Å². The number of hydrogen-bond acceptors (Lipinski definition) is 7. The van der Waals surface area contributed by atoms with Gasteiger partial charge in [0, 0.05) is 26.2 Å². The second-order valence-electron chi connectivity index (χ2n) is 7.75. The van der Waals surface area contributed by atoms with Crippen LogP contribution < -0.4 is 9.64 Å². The zero-order valence-electron chi connectivity index (χ0n) is 16.8. The standard InChI is InChI=1S/C18H22Cl2FN5O3/c1-18(2,3)29-17(27)26-7-6-9(8-26)25(4)14-10-12(22-16(20)24-14)11(21)13(19)23-15(10)28-5/h9H,6-8H2,1-5H3/t9-/m1/s1. The monoisotopic (exact) mass is 445 g/mol. The number of rotatable bonds is 3. The van der Waals surface area contributed by atoms with Gasteiger partial charge < -0.3 is 19.3 Å². The molecule has 0 aliphatic carbocycles. The number of halogens is 3. The molecule has 0 bridgehead atoms. The number of carbonyl (C=O) groups is 1. The summed E-state index contributed by atoms with van der Waals surface area (Å²) in [6.07, 6.45) is 0.293. The van der Waals surface area contributed by atoms with Gasteiger partial charge in [0.2, 0.25) is 11.2 Å². The number of anilines is 1. The van der Waals surface area contributed by atoms with Crippen LogP contribution in [0.25, 0.3) is 10.9 Å². The molecule has 11 heteroatoms. The number of ether oxygens (including phenoxy) is 2. The fourth-order valence-corrected chi connectivity index (χ4v) is 3.53. The van der Waals surface area contributed by atoms with Crippen molar-refractivity contribution in [3.8, 4) is 5.88 Å². The lowest BCUT2D eigenvalue weighted by molar-refractivity contribution is 0.0292. The summed E-state index contributed by atoms with van der Waals surface area (Å²) < 4.78 is 25.3. The first-order valence-electron chi connectivity index (χ1n) is 8.98. The van der Waals surface area contributed by atoms with Crippen LogP contribution in [0.3, 0.4) is 0 Å². The molecule has 1 aliphatic heterocycles. The largest absolute Gasteiger partial charge is 0.480 e. The predicted molar refractivity (Wildman–Crippen MR) is 108 cm³/mol. The Morgan fingerprint density at radius 3 is 2.59 bits per heavy atom. The van der Waals surface area contributed by atoms with E-state index >= 15 is 0 Å². The fourth-order valence-electron chi connectivity index (χ4n) is 3.20. The highest BCUT2D eigenvalue weighted by Gasteiger charge is 2.34. The maximum atomic E-state index is 14.6. The molecule has 0 saturated carbocycles. The van der Waals surface area contributed by atoms with Gasteiger partial charge in [0.05, 0.1) is 7.11 Å². The van der Waals surface area contributed by atoms with Crippen molar-refractivity contribution in [1.29, 1.82) is 0 Å². The molecule has 29 heavy (non-hydrogen) atoms. The van der Waals surface area contributed by atoms with Gasteiger partial charge >= 0.3 is 6.09 Å². The number of fused-ring (bicyclic) bond motifs is 1. The Labute approximate surface area is 177 Å². The van der Waals surface area contributed by atoms with Gasteiger partial charge in [0.1, 0.15) is 22.3 Å². The lowest BCUT2D eigenvalue weighted by atomic mass is 10.2. The minimum Gasteiger partial charge on any atom is -0.480 e. The van der Waals surface area contributed by atoms with E-state index in [1.165, 1.54) is 7.11 Å². The van der Waals surface area contributed by atoms with E-state index < -0.39 is 11.4 Å². The zero-order chi connectivity index (χ0) is 21.5. The normalized spacial score (nSPS) is 17.0. The van der Waals surface area contributed by atoms with Gasteiger partial charge in [-0.3, -0.25) is 0 Å². The van der Waals surface area contributed by atoms with E-state index in [2.05, 4.69) is 15.0 Å². The number of hydrogen-bond donors (Lipinski definition) is 0. The van der Waals surface area contributed by atoms with Crippen LogP contribution in [0.2, 0.25) is 10.4 Å². The van der Waals surface area contributed by atoms with Crippen LogP contribution in [0.4, 0.5) is 15.0 Å². The van der Waals surface area contributed by atoms with Crippen LogP contribution >= 0.6 is 23.2 Å². The van der Waals surface area contributed by atoms with Crippen LogP contribution in [0.15, 0.2) is 0 Å². The minimum absolute atomic E-state index is 0.0781. The molecule has 1 saturated heterocycles. The molecular weight excluding hydrogens is 424 g/mol. The minimum atomic E-state index is -0.803. The summed E-state index contributed by atoms with van der Waals surface area (Å²) in [7, 11) is 3.18. The van der Waals surface area contributed by atoms with E-state index in [1.54, 1.807) is 11.9 Å². The van der Waals surface area contributed by atoms with Gasteiger partial charge in [0.15, 0.2) is 11.0 Å². The average Bonchev–Trinajstić information content (AvgIpc) is 3.12. The Morgan fingerprint density at radius 1 is 1.28 bits per heavy atom. The van der Waals surface area contributed by atoms with Crippen molar-refractivity contribution in [3.05, 3.63) is 16.3 Å². The van der Waals surface area contributed by atoms with Gasteiger partial charge in [-0.1, -0.05) is 11.6 Å². The predicted octanol–water partition coefficient (Wildman–Crippen LogP) is 3.92. The van der Waals surface area contributed by atoms with Crippen molar-refractivity contribution in [2.75, 3.05) is 32.1 Å². The Bertz CT molecular complexity index is 953. The highest BCUT2D eigenvalue weighted by molar-refractivity contribution is 6.31. The van der Waals surface area contributed by atoms with Crippen molar-refractivity contribution in [2.24, 2.45) is 0 Å². The number of likely N-dealkylation sites (N-methyl/N-ethyl adjacent to an activating group) is 1. The zero-order valence-corrected chi connectivity index (χ0v) is 18.3. The van der Waals surface area contributed by atoms with E-state index in [0.717, 1.165) is 0 Å². The summed E-state index contributed by atoms with van der Waals surface area (Å²) >= 11 is 11.9. The van der Waals surface area contributed by atoms with Crippen molar-refractivity contribution >= 4 is 46.0 Å². The Hall–Kier alpha value is -2.13. The molecule has 3 rings (SSSR count). The van der Waals surface area contributed by atoms with Crippen molar-refractivity contribution in [3.63, 3.8) is 0 Å². The molecule has 1 atom stereocenters. The lowest BCUT2D eigenvalue weighted by Crippen LogP contribution is -2.39. The number of carbonyl (C=O) groups excluding carboxylic acids is 1. The third-order valence-electron chi connectivity index (χ3n) is 4.56. The fraction of sp³-hybridized carbons (Fsp3) is 0.556. The van der Waals surface area contributed by atoms with Crippen LogP contribution in [0.1, 0.15) is 27.2 Å². The lowest BCUT2D eigenvalue weighted by Gasteiger charge is -2.28.